The highest BCUT2D eigenvalue weighted by Gasteiger charge is 2.25. The lowest BCUT2D eigenvalue weighted by Crippen LogP contribution is -2.39. The Morgan fingerprint density at radius 2 is 2.07 bits per heavy atom. The maximum atomic E-state index is 12.7. The van der Waals surface area contributed by atoms with Crippen LogP contribution in [0.15, 0.2) is 67.0 Å². The number of halogens is 1. The van der Waals surface area contributed by atoms with E-state index in [1.54, 1.807) is 6.20 Å². The minimum absolute atomic E-state index is 0.202. The van der Waals surface area contributed by atoms with Crippen molar-refractivity contribution in [2.45, 2.75) is 31.6 Å². The molecule has 2 aromatic heterocycles. The fourth-order valence-electron chi connectivity index (χ4n) is 3.85. The summed E-state index contributed by atoms with van der Waals surface area (Å²) in [7, 11) is 0. The van der Waals surface area contributed by atoms with Crippen LogP contribution < -0.4 is 5.32 Å². The van der Waals surface area contributed by atoms with Gasteiger partial charge in [-0.3, -0.25) is 9.78 Å². The third-order valence-electron chi connectivity index (χ3n) is 5.43. The van der Waals surface area contributed by atoms with Crippen molar-refractivity contribution in [3.8, 4) is 0 Å². The van der Waals surface area contributed by atoms with Crippen LogP contribution in [0.1, 0.15) is 36.4 Å². The number of aryl methyl sites for hydroxylation is 1. The Kier molecular flexibility index (Phi) is 6.60. The molecular weight excluding hydrogens is 396 g/mol. The molecule has 0 radical (unpaired) electrons. The second kappa shape index (κ2) is 9.72. The Morgan fingerprint density at radius 1 is 1.13 bits per heavy atom. The number of benzene rings is 1. The fraction of sp³-hybridized carbons (Fsp3) is 0.292. The maximum Gasteiger partial charge on any atom is 0.222 e. The summed E-state index contributed by atoms with van der Waals surface area (Å²) in [4.78, 5) is 23.7. The van der Waals surface area contributed by atoms with Crippen LogP contribution in [0.5, 0.6) is 0 Å². The van der Waals surface area contributed by atoms with Crippen LogP contribution in [0.2, 0.25) is 5.02 Å². The number of nitrogens with one attached hydrogen (secondary N) is 1. The standard InChI is InChI=1S/C24H25ClN4O/c25-20-7-3-5-18(15-20)9-12-24(30)29-14-4-6-19(17-29)22-11-10-21(16-27-22)28-23-8-1-2-13-26-23/h1-3,5,7-8,10-11,13,15-16,19H,4,6,9,12,14,17H2,(H,26,28). The van der Waals surface area contributed by atoms with Gasteiger partial charge in [0.2, 0.25) is 5.91 Å². The Labute approximate surface area is 182 Å². The number of rotatable bonds is 6. The van der Waals surface area contributed by atoms with Gasteiger partial charge in [-0.25, -0.2) is 4.98 Å². The molecule has 1 unspecified atom stereocenters. The van der Waals surface area contributed by atoms with Crippen LogP contribution in [-0.4, -0.2) is 33.9 Å². The normalized spacial score (nSPS) is 16.3. The highest BCUT2D eigenvalue weighted by atomic mass is 35.5. The van der Waals surface area contributed by atoms with Gasteiger partial charge in [0, 0.05) is 42.3 Å². The molecule has 1 amide bonds. The minimum atomic E-state index is 0.202. The molecule has 1 aliphatic heterocycles. The Bertz CT molecular complexity index is 978. The number of nitrogens with zero attached hydrogens (tertiary/aromatic N) is 3. The number of likely N-dealkylation sites (tertiary alicyclic amines) is 1. The zero-order valence-electron chi connectivity index (χ0n) is 16.8. The van der Waals surface area contributed by atoms with Crippen LogP contribution in [0.4, 0.5) is 11.5 Å². The molecular formula is C24H25ClN4O. The summed E-state index contributed by atoms with van der Waals surface area (Å²) in [5, 5.41) is 3.96. The highest BCUT2D eigenvalue weighted by Crippen LogP contribution is 2.27. The van der Waals surface area contributed by atoms with E-state index in [1.165, 1.54) is 0 Å². The largest absolute Gasteiger partial charge is 0.342 e. The number of hydrogen-bond acceptors (Lipinski definition) is 4. The quantitative estimate of drug-likeness (QED) is 0.594. The van der Waals surface area contributed by atoms with Crippen LogP contribution in [-0.2, 0) is 11.2 Å². The van der Waals surface area contributed by atoms with E-state index in [0.29, 0.717) is 17.9 Å². The molecule has 0 aliphatic carbocycles. The molecule has 154 valence electrons. The van der Waals surface area contributed by atoms with Gasteiger partial charge in [-0.2, -0.15) is 0 Å². The van der Waals surface area contributed by atoms with Crippen LogP contribution in [0.3, 0.4) is 0 Å². The highest BCUT2D eigenvalue weighted by molar-refractivity contribution is 6.30. The third kappa shape index (κ3) is 5.36. The maximum absolute atomic E-state index is 12.7. The third-order valence-corrected chi connectivity index (χ3v) is 5.67. The molecule has 1 atom stereocenters. The molecule has 5 nitrogen and oxygen atoms in total. The van der Waals surface area contributed by atoms with Crippen LogP contribution >= 0.6 is 11.6 Å². The van der Waals surface area contributed by atoms with E-state index >= 15 is 0 Å². The summed E-state index contributed by atoms with van der Waals surface area (Å²) < 4.78 is 0. The van der Waals surface area contributed by atoms with E-state index in [0.717, 1.165) is 48.7 Å². The van der Waals surface area contributed by atoms with Gasteiger partial charge in [0.05, 0.1) is 11.9 Å². The van der Waals surface area contributed by atoms with Gasteiger partial charge in [-0.1, -0.05) is 29.8 Å². The van der Waals surface area contributed by atoms with Gasteiger partial charge in [0.15, 0.2) is 0 Å². The van der Waals surface area contributed by atoms with Gasteiger partial charge in [-0.15, -0.1) is 0 Å². The van der Waals surface area contributed by atoms with Crippen molar-refractivity contribution in [3.63, 3.8) is 0 Å². The monoisotopic (exact) mass is 420 g/mol. The molecule has 0 spiro atoms. The summed E-state index contributed by atoms with van der Waals surface area (Å²) in [6, 6.07) is 17.5. The SMILES string of the molecule is O=C(CCc1cccc(Cl)c1)N1CCCC(c2ccc(Nc3ccccn3)cn2)C1. The number of amides is 1. The van der Waals surface area contributed by atoms with Gasteiger partial charge >= 0.3 is 0 Å². The molecule has 0 saturated carbocycles. The van der Waals surface area contributed by atoms with E-state index in [2.05, 4.69) is 21.4 Å². The van der Waals surface area contributed by atoms with Crippen molar-refractivity contribution in [1.82, 2.24) is 14.9 Å². The number of pyridine rings is 2. The summed E-state index contributed by atoms with van der Waals surface area (Å²) in [5.74, 6) is 1.27. The Hall–Kier alpha value is -2.92. The molecule has 1 N–H and O–H groups in total. The van der Waals surface area contributed by atoms with Crippen molar-refractivity contribution < 1.29 is 4.79 Å². The topological polar surface area (TPSA) is 58.1 Å². The van der Waals surface area contributed by atoms with Gasteiger partial charge < -0.3 is 10.2 Å². The minimum Gasteiger partial charge on any atom is -0.342 e. The molecule has 3 heterocycles. The van der Waals surface area contributed by atoms with Crippen LogP contribution in [0.25, 0.3) is 0 Å². The summed E-state index contributed by atoms with van der Waals surface area (Å²) >= 11 is 6.04. The first-order chi connectivity index (χ1) is 14.7. The predicted octanol–water partition coefficient (Wildman–Crippen LogP) is 5.21. The van der Waals surface area contributed by atoms with Gasteiger partial charge in [-0.05, 0) is 61.2 Å². The average Bonchev–Trinajstić information content (AvgIpc) is 2.79. The van der Waals surface area contributed by atoms with Crippen molar-refractivity contribution >= 4 is 29.0 Å². The number of carbonyl (C=O) groups excluding carboxylic acids is 1. The molecule has 0 bridgehead atoms. The van der Waals surface area contributed by atoms with Crippen molar-refractivity contribution in [2.24, 2.45) is 0 Å². The van der Waals surface area contributed by atoms with Crippen LogP contribution in [0, 0.1) is 0 Å². The summed E-state index contributed by atoms with van der Waals surface area (Å²) in [6.07, 6.45) is 6.87. The van der Waals surface area contributed by atoms with Gasteiger partial charge in [0.25, 0.3) is 0 Å². The number of hydrogen-bond donors (Lipinski definition) is 1. The molecule has 1 aromatic carbocycles. The molecule has 1 fully saturated rings. The molecule has 30 heavy (non-hydrogen) atoms. The molecule has 4 rings (SSSR count). The fourth-order valence-corrected chi connectivity index (χ4v) is 4.07. The summed E-state index contributed by atoms with van der Waals surface area (Å²) in [5.41, 5.74) is 3.04. The lowest BCUT2D eigenvalue weighted by Gasteiger charge is -2.32. The van der Waals surface area contributed by atoms with E-state index in [1.807, 2.05) is 59.6 Å². The first-order valence-electron chi connectivity index (χ1n) is 10.3. The lowest BCUT2D eigenvalue weighted by atomic mass is 9.94. The lowest BCUT2D eigenvalue weighted by molar-refractivity contribution is -0.132. The molecule has 1 aliphatic rings. The zero-order chi connectivity index (χ0) is 20.8. The number of piperidine rings is 1. The summed E-state index contributed by atoms with van der Waals surface area (Å²) in [6.45, 7) is 1.55. The van der Waals surface area contributed by atoms with Crippen molar-refractivity contribution in [1.29, 1.82) is 0 Å². The van der Waals surface area contributed by atoms with Crippen molar-refractivity contribution in [2.75, 3.05) is 18.4 Å². The Morgan fingerprint density at radius 3 is 2.83 bits per heavy atom. The smallest absolute Gasteiger partial charge is 0.222 e. The first-order valence-corrected chi connectivity index (χ1v) is 10.7. The van der Waals surface area contributed by atoms with E-state index < -0.39 is 0 Å². The van der Waals surface area contributed by atoms with Crippen molar-refractivity contribution in [3.05, 3.63) is 83.3 Å². The Balaban J connectivity index is 1.33. The van der Waals surface area contributed by atoms with E-state index in [-0.39, 0.29) is 11.8 Å². The predicted molar refractivity (Wildman–Crippen MR) is 120 cm³/mol. The van der Waals surface area contributed by atoms with E-state index in [4.69, 9.17) is 11.6 Å². The first kappa shape index (κ1) is 20.4. The number of anilines is 2. The van der Waals surface area contributed by atoms with E-state index in [9.17, 15) is 4.79 Å². The number of aromatic nitrogens is 2. The molecule has 3 aromatic rings. The zero-order valence-corrected chi connectivity index (χ0v) is 17.6. The van der Waals surface area contributed by atoms with Gasteiger partial charge in [0.1, 0.15) is 5.82 Å². The molecule has 6 heteroatoms. The second-order valence-corrected chi connectivity index (χ2v) is 8.06. The number of carbonyl (C=O) groups is 1. The average molecular weight is 421 g/mol. The molecule has 1 saturated heterocycles. The second-order valence-electron chi connectivity index (χ2n) is 7.62.